The van der Waals surface area contributed by atoms with Crippen molar-refractivity contribution in [2.24, 2.45) is 5.92 Å². The lowest BCUT2D eigenvalue weighted by molar-refractivity contribution is -0.137. The summed E-state index contributed by atoms with van der Waals surface area (Å²) in [5.41, 5.74) is 1.93. The number of hydrogen-bond acceptors (Lipinski definition) is 2. The van der Waals surface area contributed by atoms with Gasteiger partial charge in [0.05, 0.1) is 0 Å². The number of carbonyl (C=O) groups is 2. The third kappa shape index (κ3) is 5.73. The molecule has 0 spiro atoms. The maximum absolute atomic E-state index is 11.7. The van der Waals surface area contributed by atoms with E-state index in [2.05, 4.69) is 24.5 Å². The number of benzene rings is 1. The number of rotatable bonds is 6. The standard InChI is InChI=1S/C15H22N2O3/c1-10(2)12-4-6-13(7-5-12)17-15(20)16-9-11(3)8-14(18)19/h4-7,10-11H,8-9H2,1-3H3,(H,18,19)(H2,16,17,20). The number of urea groups is 1. The molecule has 2 amide bonds. The largest absolute Gasteiger partial charge is 0.481 e. The summed E-state index contributed by atoms with van der Waals surface area (Å²) < 4.78 is 0. The Bertz CT molecular complexity index is 455. The van der Waals surface area contributed by atoms with Crippen molar-refractivity contribution in [2.45, 2.75) is 33.1 Å². The van der Waals surface area contributed by atoms with E-state index in [4.69, 9.17) is 5.11 Å². The van der Waals surface area contributed by atoms with E-state index < -0.39 is 5.97 Å². The first-order chi connectivity index (χ1) is 9.38. The van der Waals surface area contributed by atoms with E-state index in [1.54, 1.807) is 6.92 Å². The highest BCUT2D eigenvalue weighted by Crippen LogP contribution is 2.16. The van der Waals surface area contributed by atoms with Crippen molar-refractivity contribution in [3.63, 3.8) is 0 Å². The van der Waals surface area contributed by atoms with Crippen LogP contribution in [-0.4, -0.2) is 23.7 Å². The van der Waals surface area contributed by atoms with Gasteiger partial charge in [0.15, 0.2) is 0 Å². The van der Waals surface area contributed by atoms with Crippen molar-refractivity contribution >= 4 is 17.7 Å². The second-order valence-electron chi connectivity index (χ2n) is 5.31. The summed E-state index contributed by atoms with van der Waals surface area (Å²) in [5.74, 6) is -0.500. The second-order valence-corrected chi connectivity index (χ2v) is 5.31. The number of carboxylic acid groups (broad SMARTS) is 1. The van der Waals surface area contributed by atoms with Gasteiger partial charge in [-0.15, -0.1) is 0 Å². The molecule has 110 valence electrons. The van der Waals surface area contributed by atoms with E-state index in [-0.39, 0.29) is 18.4 Å². The summed E-state index contributed by atoms with van der Waals surface area (Å²) in [5, 5.41) is 14.0. The second kappa shape index (κ2) is 7.53. The molecule has 1 unspecified atom stereocenters. The van der Waals surface area contributed by atoms with E-state index in [9.17, 15) is 9.59 Å². The highest BCUT2D eigenvalue weighted by Gasteiger charge is 2.09. The highest BCUT2D eigenvalue weighted by molar-refractivity contribution is 5.89. The average Bonchev–Trinajstić information content (AvgIpc) is 2.36. The fourth-order valence-electron chi connectivity index (χ4n) is 1.76. The Morgan fingerprint density at radius 2 is 1.75 bits per heavy atom. The van der Waals surface area contributed by atoms with Crippen molar-refractivity contribution in [1.82, 2.24) is 5.32 Å². The van der Waals surface area contributed by atoms with Crippen LogP contribution in [0.5, 0.6) is 0 Å². The van der Waals surface area contributed by atoms with Gasteiger partial charge in [-0.25, -0.2) is 4.79 Å². The van der Waals surface area contributed by atoms with Crippen LogP contribution in [-0.2, 0) is 4.79 Å². The molecule has 0 fully saturated rings. The predicted octanol–water partition coefficient (Wildman–Crippen LogP) is 3.04. The molecule has 0 saturated heterocycles. The summed E-state index contributed by atoms with van der Waals surface area (Å²) >= 11 is 0. The molecular weight excluding hydrogens is 256 g/mol. The monoisotopic (exact) mass is 278 g/mol. The number of hydrogen-bond donors (Lipinski definition) is 3. The Morgan fingerprint density at radius 3 is 2.25 bits per heavy atom. The van der Waals surface area contributed by atoms with Gasteiger partial charge in [0.1, 0.15) is 0 Å². The molecule has 1 aromatic rings. The quantitative estimate of drug-likeness (QED) is 0.748. The molecular formula is C15H22N2O3. The van der Waals surface area contributed by atoms with E-state index in [0.717, 1.165) is 5.69 Å². The summed E-state index contributed by atoms with van der Waals surface area (Å²) in [6, 6.07) is 7.35. The van der Waals surface area contributed by atoms with Crippen LogP contribution in [0.1, 0.15) is 38.7 Å². The van der Waals surface area contributed by atoms with Crippen LogP contribution in [0.3, 0.4) is 0 Å². The molecule has 1 rings (SSSR count). The van der Waals surface area contributed by atoms with Crippen molar-refractivity contribution in [2.75, 3.05) is 11.9 Å². The van der Waals surface area contributed by atoms with E-state index in [0.29, 0.717) is 12.5 Å². The molecule has 0 bridgehead atoms. The minimum absolute atomic E-state index is 0.0450. The van der Waals surface area contributed by atoms with E-state index >= 15 is 0 Å². The van der Waals surface area contributed by atoms with Gasteiger partial charge in [0.25, 0.3) is 0 Å². The molecule has 0 aromatic heterocycles. The normalized spacial score (nSPS) is 12.0. The summed E-state index contributed by atoms with van der Waals surface area (Å²) in [6.07, 6.45) is 0.0450. The van der Waals surface area contributed by atoms with Gasteiger partial charge >= 0.3 is 12.0 Å². The Kier molecular flexibility index (Phi) is 6.03. The third-order valence-corrected chi connectivity index (χ3v) is 2.97. The van der Waals surface area contributed by atoms with E-state index in [1.165, 1.54) is 5.56 Å². The van der Waals surface area contributed by atoms with Crippen LogP contribution in [0.4, 0.5) is 10.5 Å². The number of anilines is 1. The molecule has 0 aliphatic carbocycles. The molecule has 20 heavy (non-hydrogen) atoms. The van der Waals surface area contributed by atoms with Crippen molar-refractivity contribution < 1.29 is 14.7 Å². The van der Waals surface area contributed by atoms with Gasteiger partial charge in [0, 0.05) is 18.7 Å². The molecule has 5 nitrogen and oxygen atoms in total. The molecule has 0 aliphatic heterocycles. The summed E-state index contributed by atoms with van der Waals surface area (Å²) in [6.45, 7) is 6.34. The van der Waals surface area contributed by atoms with Crippen LogP contribution in [0.25, 0.3) is 0 Å². The fourth-order valence-corrected chi connectivity index (χ4v) is 1.76. The highest BCUT2D eigenvalue weighted by atomic mass is 16.4. The van der Waals surface area contributed by atoms with Gasteiger partial charge in [-0.2, -0.15) is 0 Å². The third-order valence-electron chi connectivity index (χ3n) is 2.97. The van der Waals surface area contributed by atoms with Crippen LogP contribution in [0.2, 0.25) is 0 Å². The molecule has 5 heteroatoms. The number of carboxylic acids is 1. The van der Waals surface area contributed by atoms with Gasteiger partial charge < -0.3 is 15.7 Å². The molecule has 0 heterocycles. The molecule has 0 radical (unpaired) electrons. The van der Waals surface area contributed by atoms with Gasteiger partial charge in [-0.05, 0) is 29.5 Å². The smallest absolute Gasteiger partial charge is 0.319 e. The Labute approximate surface area is 119 Å². The fraction of sp³-hybridized carbons (Fsp3) is 0.467. The molecule has 0 aliphatic rings. The lowest BCUT2D eigenvalue weighted by Crippen LogP contribution is -2.32. The Hall–Kier alpha value is -2.04. The summed E-state index contributed by atoms with van der Waals surface area (Å²) in [4.78, 5) is 22.2. The number of nitrogens with one attached hydrogen (secondary N) is 2. The topological polar surface area (TPSA) is 78.4 Å². The van der Waals surface area contributed by atoms with Crippen LogP contribution < -0.4 is 10.6 Å². The summed E-state index contributed by atoms with van der Waals surface area (Å²) in [7, 11) is 0. The first-order valence-corrected chi connectivity index (χ1v) is 6.75. The Morgan fingerprint density at radius 1 is 1.15 bits per heavy atom. The minimum atomic E-state index is -0.857. The van der Waals surface area contributed by atoms with Crippen LogP contribution >= 0.6 is 0 Å². The number of amides is 2. The van der Waals surface area contributed by atoms with Gasteiger partial charge in [-0.3, -0.25) is 4.79 Å². The van der Waals surface area contributed by atoms with Crippen molar-refractivity contribution in [3.05, 3.63) is 29.8 Å². The van der Waals surface area contributed by atoms with E-state index in [1.807, 2.05) is 24.3 Å². The molecule has 1 aromatic carbocycles. The number of aliphatic carboxylic acids is 1. The van der Waals surface area contributed by atoms with Gasteiger partial charge in [-0.1, -0.05) is 32.9 Å². The predicted molar refractivity (Wildman–Crippen MR) is 79.0 cm³/mol. The number of carbonyl (C=O) groups excluding carboxylic acids is 1. The zero-order chi connectivity index (χ0) is 15.1. The minimum Gasteiger partial charge on any atom is -0.481 e. The SMILES string of the molecule is CC(CNC(=O)Nc1ccc(C(C)C)cc1)CC(=O)O. The molecule has 1 atom stereocenters. The first-order valence-electron chi connectivity index (χ1n) is 6.75. The Balaban J connectivity index is 2.40. The van der Waals surface area contributed by atoms with Crippen LogP contribution in [0, 0.1) is 5.92 Å². The van der Waals surface area contributed by atoms with Crippen LogP contribution in [0.15, 0.2) is 24.3 Å². The molecule has 3 N–H and O–H groups in total. The average molecular weight is 278 g/mol. The van der Waals surface area contributed by atoms with Crippen molar-refractivity contribution in [3.8, 4) is 0 Å². The lowest BCUT2D eigenvalue weighted by Gasteiger charge is -2.12. The lowest BCUT2D eigenvalue weighted by atomic mass is 10.0. The maximum atomic E-state index is 11.7. The maximum Gasteiger partial charge on any atom is 0.319 e. The zero-order valence-electron chi connectivity index (χ0n) is 12.1. The first kappa shape index (κ1) is 16.0. The zero-order valence-corrected chi connectivity index (χ0v) is 12.1. The molecule has 0 saturated carbocycles. The van der Waals surface area contributed by atoms with Crippen molar-refractivity contribution in [1.29, 1.82) is 0 Å². The van der Waals surface area contributed by atoms with Gasteiger partial charge in [0.2, 0.25) is 0 Å².